The van der Waals surface area contributed by atoms with Crippen LogP contribution in [0.2, 0.25) is 0 Å². The molecule has 3 aromatic rings. The fourth-order valence-corrected chi connectivity index (χ4v) is 7.69. The number of hydrogen-bond donors (Lipinski definition) is 1. The Morgan fingerprint density at radius 2 is 1.81 bits per heavy atom. The van der Waals surface area contributed by atoms with Crippen LogP contribution in [0.25, 0.3) is 0 Å². The number of rotatable bonds is 5. The van der Waals surface area contributed by atoms with E-state index < -0.39 is 50.2 Å². The number of sulfone groups is 1. The molecule has 0 radical (unpaired) electrons. The number of halogens is 3. The van der Waals surface area contributed by atoms with Gasteiger partial charge in [0.05, 0.1) is 28.8 Å². The summed E-state index contributed by atoms with van der Waals surface area (Å²) in [5.74, 6) is -1.40. The van der Waals surface area contributed by atoms with Crippen LogP contribution in [0.15, 0.2) is 55.1 Å². The van der Waals surface area contributed by atoms with Crippen molar-refractivity contribution >= 4 is 15.5 Å². The SMILES string of the molecule is C[C@@H]1NC[C@@H](c2ccccc2)S(=O)(=O)C1Cc1cc(F)c(N2CC[C@H](n3cnnc3)[C@H](F)C2)cc1F. The molecule has 5 atom stereocenters. The number of alkyl halides is 1. The number of nitrogens with one attached hydrogen (secondary N) is 1. The van der Waals surface area contributed by atoms with Crippen LogP contribution in [-0.4, -0.2) is 60.3 Å². The van der Waals surface area contributed by atoms with Gasteiger partial charge in [-0.15, -0.1) is 10.2 Å². The molecule has 2 fully saturated rings. The van der Waals surface area contributed by atoms with Crippen LogP contribution in [0.5, 0.6) is 0 Å². The second kappa shape index (κ2) is 9.85. The average molecular weight is 520 g/mol. The third-order valence-corrected chi connectivity index (χ3v) is 10.0. The molecule has 1 N–H and O–H groups in total. The molecule has 7 nitrogen and oxygen atoms in total. The van der Waals surface area contributed by atoms with E-state index >= 15 is 8.78 Å². The van der Waals surface area contributed by atoms with Crippen LogP contribution in [0.3, 0.4) is 0 Å². The van der Waals surface area contributed by atoms with Crippen LogP contribution in [0.1, 0.15) is 35.8 Å². The summed E-state index contributed by atoms with van der Waals surface area (Å²) >= 11 is 0. The van der Waals surface area contributed by atoms with Crippen LogP contribution >= 0.6 is 0 Å². The van der Waals surface area contributed by atoms with Gasteiger partial charge in [0.2, 0.25) is 0 Å². The molecule has 0 spiro atoms. The Balaban J connectivity index is 1.35. The molecule has 0 amide bonds. The van der Waals surface area contributed by atoms with Gasteiger partial charge in [-0.2, -0.15) is 0 Å². The lowest BCUT2D eigenvalue weighted by molar-refractivity contribution is 0.199. The minimum atomic E-state index is -3.68. The quantitative estimate of drug-likeness (QED) is 0.557. The number of hydrogen-bond acceptors (Lipinski definition) is 6. The summed E-state index contributed by atoms with van der Waals surface area (Å²) in [6.45, 7) is 2.23. The second-order valence-corrected chi connectivity index (χ2v) is 11.9. The van der Waals surface area contributed by atoms with Crippen molar-refractivity contribution in [1.29, 1.82) is 0 Å². The molecule has 1 aromatic heterocycles. The van der Waals surface area contributed by atoms with Crippen molar-refractivity contribution in [3.8, 4) is 0 Å². The van der Waals surface area contributed by atoms with Gasteiger partial charge in [-0.05, 0) is 37.0 Å². The van der Waals surface area contributed by atoms with Crippen molar-refractivity contribution in [3.63, 3.8) is 0 Å². The van der Waals surface area contributed by atoms with E-state index in [1.807, 2.05) is 6.07 Å². The fraction of sp³-hybridized carbons (Fsp3) is 0.440. The van der Waals surface area contributed by atoms with Gasteiger partial charge in [-0.3, -0.25) is 0 Å². The highest BCUT2D eigenvalue weighted by atomic mass is 32.2. The standard InChI is InChI=1S/C25H28F3N5O2S/c1-16-24(36(34,35)25(12-29-16)17-5-3-2-4-6-17)10-18-9-20(27)23(11-19(18)26)32-8-7-22(21(28)13-32)33-14-30-31-15-33/h2-6,9,11,14-16,21-22,24-25,29H,7-8,10,12-13H2,1H3/t16-,21+,22-,24?,25-/m0/s1. The minimum Gasteiger partial charge on any atom is -0.366 e. The lowest BCUT2D eigenvalue weighted by atomic mass is 10.00. The summed E-state index contributed by atoms with van der Waals surface area (Å²) in [5.41, 5.74) is 0.629. The van der Waals surface area contributed by atoms with E-state index in [4.69, 9.17) is 0 Å². The van der Waals surface area contributed by atoms with Gasteiger partial charge in [0.15, 0.2) is 9.84 Å². The topological polar surface area (TPSA) is 80.1 Å². The maximum absolute atomic E-state index is 15.2. The van der Waals surface area contributed by atoms with Crippen molar-refractivity contribution in [2.24, 2.45) is 0 Å². The van der Waals surface area contributed by atoms with Gasteiger partial charge >= 0.3 is 0 Å². The Morgan fingerprint density at radius 3 is 2.50 bits per heavy atom. The first-order valence-electron chi connectivity index (χ1n) is 12.0. The zero-order valence-corrected chi connectivity index (χ0v) is 20.6. The zero-order valence-electron chi connectivity index (χ0n) is 19.8. The van der Waals surface area contributed by atoms with Crippen molar-refractivity contribution in [3.05, 3.63) is 77.9 Å². The Hall–Kier alpha value is -2.92. The highest BCUT2D eigenvalue weighted by Gasteiger charge is 2.43. The molecule has 0 saturated carbocycles. The van der Waals surface area contributed by atoms with Gasteiger partial charge in [0.1, 0.15) is 30.5 Å². The fourth-order valence-electron chi connectivity index (χ4n) is 5.32. The summed E-state index contributed by atoms with van der Waals surface area (Å²) in [6, 6.07) is 10.1. The molecule has 0 bridgehead atoms. The molecule has 2 aromatic carbocycles. The molecule has 0 aliphatic carbocycles. The Bertz CT molecular complexity index is 1310. The van der Waals surface area contributed by atoms with E-state index in [9.17, 15) is 12.8 Å². The molecule has 11 heteroatoms. The van der Waals surface area contributed by atoms with Gasteiger partial charge in [0, 0.05) is 25.2 Å². The van der Waals surface area contributed by atoms with E-state index in [0.29, 0.717) is 18.5 Å². The van der Waals surface area contributed by atoms with Gasteiger partial charge in [-0.1, -0.05) is 30.3 Å². The summed E-state index contributed by atoms with van der Waals surface area (Å²) < 4.78 is 73.8. The molecule has 36 heavy (non-hydrogen) atoms. The molecule has 2 aliphatic heterocycles. The number of anilines is 1. The molecule has 2 saturated heterocycles. The van der Waals surface area contributed by atoms with Crippen molar-refractivity contribution in [2.75, 3.05) is 24.5 Å². The summed E-state index contributed by atoms with van der Waals surface area (Å²) in [5, 5.41) is 8.94. The lowest BCUT2D eigenvalue weighted by Crippen LogP contribution is -2.53. The largest absolute Gasteiger partial charge is 0.366 e. The predicted octanol–water partition coefficient (Wildman–Crippen LogP) is 3.40. The van der Waals surface area contributed by atoms with Crippen LogP contribution in [0.4, 0.5) is 18.9 Å². The Morgan fingerprint density at radius 1 is 1.08 bits per heavy atom. The highest BCUT2D eigenvalue weighted by molar-refractivity contribution is 7.92. The highest BCUT2D eigenvalue weighted by Crippen LogP contribution is 2.35. The predicted molar refractivity (Wildman–Crippen MR) is 130 cm³/mol. The van der Waals surface area contributed by atoms with Crippen LogP contribution in [0, 0.1) is 11.6 Å². The maximum atomic E-state index is 15.2. The lowest BCUT2D eigenvalue weighted by Gasteiger charge is -2.37. The summed E-state index contributed by atoms with van der Waals surface area (Å²) in [7, 11) is -3.68. The van der Waals surface area contributed by atoms with Gasteiger partial charge < -0.3 is 14.8 Å². The molecule has 192 valence electrons. The van der Waals surface area contributed by atoms with E-state index in [2.05, 4.69) is 15.5 Å². The van der Waals surface area contributed by atoms with Gasteiger partial charge in [0.25, 0.3) is 0 Å². The second-order valence-electron chi connectivity index (χ2n) is 9.55. The average Bonchev–Trinajstić information content (AvgIpc) is 3.38. The first kappa shape index (κ1) is 24.8. The smallest absolute Gasteiger partial charge is 0.163 e. The van der Waals surface area contributed by atoms with Crippen LogP contribution in [-0.2, 0) is 16.3 Å². The van der Waals surface area contributed by atoms with Crippen molar-refractivity contribution in [2.45, 2.75) is 48.5 Å². The number of nitrogens with zero attached hydrogens (tertiary/aromatic N) is 4. The summed E-state index contributed by atoms with van der Waals surface area (Å²) in [4.78, 5) is 1.49. The Kier molecular flexibility index (Phi) is 6.78. The normalized spacial score (nSPS) is 28.2. The molecular formula is C25H28F3N5O2S. The Labute approximate surface area is 208 Å². The summed E-state index contributed by atoms with van der Waals surface area (Å²) in [6.07, 6.45) is 1.79. The van der Waals surface area contributed by atoms with Crippen molar-refractivity contribution < 1.29 is 21.6 Å². The third-order valence-electron chi connectivity index (χ3n) is 7.38. The monoisotopic (exact) mass is 519 g/mol. The number of piperidine rings is 1. The number of benzene rings is 2. The third kappa shape index (κ3) is 4.61. The van der Waals surface area contributed by atoms with Crippen LogP contribution < -0.4 is 10.2 Å². The maximum Gasteiger partial charge on any atom is 0.163 e. The first-order valence-corrected chi connectivity index (χ1v) is 13.6. The number of aromatic nitrogens is 3. The van der Waals surface area contributed by atoms with E-state index in [0.717, 1.165) is 12.1 Å². The molecule has 3 heterocycles. The van der Waals surface area contributed by atoms with Gasteiger partial charge in [-0.25, -0.2) is 21.6 Å². The van der Waals surface area contributed by atoms with E-state index in [1.54, 1.807) is 35.8 Å². The molecule has 2 aliphatic rings. The zero-order chi connectivity index (χ0) is 25.4. The van der Waals surface area contributed by atoms with E-state index in [1.165, 1.54) is 17.6 Å². The molecule has 5 rings (SSSR count). The minimum absolute atomic E-state index is 0.0108. The molecular weight excluding hydrogens is 491 g/mol. The molecule has 1 unspecified atom stereocenters. The van der Waals surface area contributed by atoms with Crippen molar-refractivity contribution in [1.82, 2.24) is 20.1 Å². The van der Waals surface area contributed by atoms with E-state index in [-0.39, 0.29) is 30.8 Å². The first-order chi connectivity index (χ1) is 17.3.